The average molecular weight is 252 g/mol. The van der Waals surface area contributed by atoms with Crippen LogP contribution in [0.3, 0.4) is 0 Å². The topological polar surface area (TPSA) is 43.1 Å². The fraction of sp³-hybridized carbons (Fsp3) is 0. The number of carbonyl (C=O) groups is 1. The SMILES string of the molecule is Nc1c(C=O)cc(Cl)c(Br)c1F. The number of hydrogen-bond acceptors (Lipinski definition) is 2. The highest BCUT2D eigenvalue weighted by Gasteiger charge is 2.12. The van der Waals surface area contributed by atoms with Gasteiger partial charge in [-0.05, 0) is 22.0 Å². The summed E-state index contributed by atoms with van der Waals surface area (Å²) in [5.74, 6) is -0.704. The summed E-state index contributed by atoms with van der Waals surface area (Å²) in [5.41, 5.74) is 5.13. The second-order valence-electron chi connectivity index (χ2n) is 2.11. The van der Waals surface area contributed by atoms with Crippen LogP contribution >= 0.6 is 27.5 Å². The van der Waals surface area contributed by atoms with Crippen LogP contribution in [0, 0.1) is 5.82 Å². The first-order valence-corrected chi connectivity index (χ1v) is 4.13. The maximum atomic E-state index is 13.0. The molecule has 1 aromatic rings. The molecule has 0 heterocycles. The van der Waals surface area contributed by atoms with E-state index in [2.05, 4.69) is 15.9 Å². The van der Waals surface area contributed by atoms with Gasteiger partial charge in [-0.3, -0.25) is 4.79 Å². The zero-order valence-electron chi connectivity index (χ0n) is 5.77. The molecule has 0 aliphatic heterocycles. The van der Waals surface area contributed by atoms with Crippen molar-refractivity contribution < 1.29 is 9.18 Å². The molecule has 0 fully saturated rings. The van der Waals surface area contributed by atoms with Crippen molar-refractivity contribution in [3.63, 3.8) is 0 Å². The number of benzene rings is 1. The highest BCUT2D eigenvalue weighted by molar-refractivity contribution is 9.10. The van der Waals surface area contributed by atoms with E-state index in [0.29, 0.717) is 6.29 Å². The minimum absolute atomic E-state index is 0.0562. The Kier molecular flexibility index (Phi) is 2.69. The Morgan fingerprint density at radius 3 is 2.75 bits per heavy atom. The highest BCUT2D eigenvalue weighted by Crippen LogP contribution is 2.31. The first-order valence-electron chi connectivity index (χ1n) is 2.96. The Bertz CT molecular complexity index is 343. The molecule has 1 aromatic carbocycles. The average Bonchev–Trinajstić information content (AvgIpc) is 2.08. The number of nitrogens with two attached hydrogens (primary N) is 1. The molecule has 0 aromatic heterocycles. The van der Waals surface area contributed by atoms with Gasteiger partial charge in [-0.25, -0.2) is 4.39 Å². The summed E-state index contributed by atoms with van der Waals surface area (Å²) >= 11 is 8.46. The van der Waals surface area contributed by atoms with Crippen LogP contribution in [0.15, 0.2) is 10.5 Å². The summed E-state index contributed by atoms with van der Waals surface area (Å²) in [5, 5.41) is 0.129. The van der Waals surface area contributed by atoms with E-state index < -0.39 is 5.82 Å². The van der Waals surface area contributed by atoms with Crippen LogP contribution in [0.5, 0.6) is 0 Å². The van der Waals surface area contributed by atoms with Crippen LogP contribution < -0.4 is 5.73 Å². The Hall–Kier alpha value is -0.610. The fourth-order valence-corrected chi connectivity index (χ4v) is 1.25. The van der Waals surface area contributed by atoms with Crippen LogP contribution in [-0.2, 0) is 0 Å². The molecule has 0 bridgehead atoms. The predicted molar refractivity (Wildman–Crippen MR) is 48.9 cm³/mol. The standard InChI is InChI=1S/C7H4BrClFNO/c8-5-4(9)1-3(2-12)7(11)6(5)10/h1-2H,11H2. The van der Waals surface area contributed by atoms with Crippen molar-refractivity contribution in [2.75, 3.05) is 5.73 Å². The summed E-state index contributed by atoms with van der Waals surface area (Å²) in [6, 6.07) is 1.30. The first kappa shape index (κ1) is 9.48. The van der Waals surface area contributed by atoms with Crippen molar-refractivity contribution in [2.24, 2.45) is 0 Å². The molecule has 0 aliphatic rings. The molecule has 0 amide bonds. The Morgan fingerprint density at radius 1 is 1.67 bits per heavy atom. The summed E-state index contributed by atoms with van der Waals surface area (Å²) in [6.45, 7) is 0. The van der Waals surface area contributed by atoms with E-state index in [0.717, 1.165) is 0 Å². The van der Waals surface area contributed by atoms with Gasteiger partial charge in [-0.1, -0.05) is 11.6 Å². The van der Waals surface area contributed by atoms with E-state index in [9.17, 15) is 9.18 Å². The van der Waals surface area contributed by atoms with Gasteiger partial charge in [0.25, 0.3) is 0 Å². The molecule has 0 radical (unpaired) electrons. The van der Waals surface area contributed by atoms with Gasteiger partial charge in [0.05, 0.1) is 15.2 Å². The van der Waals surface area contributed by atoms with Crippen molar-refractivity contribution in [3.8, 4) is 0 Å². The largest absolute Gasteiger partial charge is 0.396 e. The summed E-state index contributed by atoms with van der Waals surface area (Å²) in [4.78, 5) is 10.3. The normalized spacial score (nSPS) is 9.92. The maximum Gasteiger partial charge on any atom is 0.162 e. The Balaban J connectivity index is 3.49. The van der Waals surface area contributed by atoms with Gasteiger partial charge in [0, 0.05) is 5.56 Å². The van der Waals surface area contributed by atoms with Gasteiger partial charge in [0.15, 0.2) is 12.1 Å². The summed E-state index contributed by atoms with van der Waals surface area (Å²) in [7, 11) is 0. The molecule has 0 atom stereocenters. The lowest BCUT2D eigenvalue weighted by Crippen LogP contribution is -1.98. The van der Waals surface area contributed by atoms with Crippen LogP contribution in [0.25, 0.3) is 0 Å². The third-order valence-electron chi connectivity index (χ3n) is 1.36. The van der Waals surface area contributed by atoms with Gasteiger partial charge in [0.1, 0.15) is 0 Å². The smallest absolute Gasteiger partial charge is 0.162 e. The molecule has 5 heteroatoms. The van der Waals surface area contributed by atoms with Crippen LogP contribution in [0.4, 0.5) is 10.1 Å². The zero-order chi connectivity index (χ0) is 9.30. The van der Waals surface area contributed by atoms with Crippen molar-refractivity contribution in [3.05, 3.63) is 26.9 Å². The van der Waals surface area contributed by atoms with Crippen LogP contribution in [-0.4, -0.2) is 6.29 Å². The minimum Gasteiger partial charge on any atom is -0.396 e. The van der Waals surface area contributed by atoms with Gasteiger partial charge in [-0.15, -0.1) is 0 Å². The van der Waals surface area contributed by atoms with Crippen LogP contribution in [0.2, 0.25) is 5.02 Å². The van der Waals surface area contributed by atoms with Gasteiger partial charge in [-0.2, -0.15) is 0 Å². The molecule has 1 rings (SSSR count). The molecular weight excluding hydrogens is 248 g/mol. The second-order valence-corrected chi connectivity index (χ2v) is 3.31. The number of carbonyl (C=O) groups excluding carboxylic acids is 1. The van der Waals surface area contributed by atoms with Crippen molar-refractivity contribution in [2.45, 2.75) is 0 Å². The number of aldehydes is 1. The lowest BCUT2D eigenvalue weighted by Gasteiger charge is -2.03. The fourth-order valence-electron chi connectivity index (χ4n) is 0.725. The lowest BCUT2D eigenvalue weighted by molar-refractivity contribution is 0.112. The number of rotatable bonds is 1. The molecule has 12 heavy (non-hydrogen) atoms. The molecule has 0 saturated heterocycles. The molecule has 0 aliphatic carbocycles. The van der Waals surface area contributed by atoms with Gasteiger partial charge < -0.3 is 5.73 Å². The van der Waals surface area contributed by atoms with Gasteiger partial charge >= 0.3 is 0 Å². The van der Waals surface area contributed by atoms with Crippen LogP contribution in [0.1, 0.15) is 10.4 Å². The summed E-state index contributed by atoms with van der Waals surface area (Å²) < 4.78 is 13.1. The number of halogens is 3. The third-order valence-corrected chi connectivity index (χ3v) is 2.66. The number of nitrogen functional groups attached to an aromatic ring is 1. The quantitative estimate of drug-likeness (QED) is 0.474. The molecular formula is C7H4BrClFNO. The lowest BCUT2D eigenvalue weighted by atomic mass is 10.2. The summed E-state index contributed by atoms with van der Waals surface area (Å²) in [6.07, 6.45) is 0.455. The molecule has 0 saturated carbocycles. The molecule has 0 unspecified atom stereocenters. The van der Waals surface area contributed by atoms with E-state index in [4.69, 9.17) is 17.3 Å². The molecule has 2 nitrogen and oxygen atoms in total. The third kappa shape index (κ3) is 1.44. The second kappa shape index (κ2) is 3.41. The first-order chi connectivity index (χ1) is 5.57. The van der Waals surface area contributed by atoms with E-state index in [1.165, 1.54) is 6.07 Å². The van der Waals surface area contributed by atoms with E-state index in [-0.39, 0.29) is 20.7 Å². The maximum absolute atomic E-state index is 13.0. The van der Waals surface area contributed by atoms with E-state index in [1.807, 2.05) is 0 Å². The molecule has 0 spiro atoms. The van der Waals surface area contributed by atoms with Crippen molar-refractivity contribution in [1.82, 2.24) is 0 Å². The Morgan fingerprint density at radius 2 is 2.25 bits per heavy atom. The molecule has 64 valence electrons. The zero-order valence-corrected chi connectivity index (χ0v) is 8.12. The highest BCUT2D eigenvalue weighted by atomic mass is 79.9. The number of anilines is 1. The van der Waals surface area contributed by atoms with E-state index in [1.54, 1.807) is 0 Å². The number of hydrogen-bond donors (Lipinski definition) is 1. The Labute approximate surface area is 81.6 Å². The van der Waals surface area contributed by atoms with Crippen molar-refractivity contribution >= 4 is 39.5 Å². The van der Waals surface area contributed by atoms with Gasteiger partial charge in [0.2, 0.25) is 0 Å². The van der Waals surface area contributed by atoms with E-state index >= 15 is 0 Å². The monoisotopic (exact) mass is 251 g/mol. The van der Waals surface area contributed by atoms with Crippen molar-refractivity contribution in [1.29, 1.82) is 0 Å². The molecule has 2 N–H and O–H groups in total. The minimum atomic E-state index is -0.704. The predicted octanol–water partition coefficient (Wildman–Crippen LogP) is 2.64.